The Hall–Kier alpha value is -4.62. The van der Waals surface area contributed by atoms with Crippen molar-refractivity contribution in [3.63, 3.8) is 0 Å². The second-order valence-electron chi connectivity index (χ2n) is 19.1. The molecule has 0 saturated carbocycles. The average molecular weight is 1630 g/mol. The summed E-state index contributed by atoms with van der Waals surface area (Å²) in [5, 5.41) is 4.47. The zero-order chi connectivity index (χ0) is 67.3. The van der Waals surface area contributed by atoms with E-state index < -0.39 is 0 Å². The van der Waals surface area contributed by atoms with Crippen LogP contribution in [0, 0.1) is 0 Å². The zero-order valence-electron chi connectivity index (χ0n) is 51.2. The number of ether oxygens (including phenoxy) is 4. The number of halogens is 14. The van der Waals surface area contributed by atoms with E-state index in [1.54, 1.807) is 118 Å². The molecule has 95 heavy (non-hydrogen) atoms. The summed E-state index contributed by atoms with van der Waals surface area (Å²) in [4.78, 5) is 71.6. The molecule has 0 saturated heterocycles. The van der Waals surface area contributed by atoms with Gasteiger partial charge in [0, 0.05) is 113 Å². The number of hydrogen-bond donors (Lipinski definition) is 0. The van der Waals surface area contributed by atoms with E-state index in [1.807, 2.05) is 27.7 Å². The number of nitrogens with zero attached hydrogens (tertiary/aromatic N) is 12. The second kappa shape index (κ2) is 45.9. The van der Waals surface area contributed by atoms with Gasteiger partial charge in [-0.25, -0.2) is 39.1 Å². The molecule has 1 radical (unpaired) electrons. The van der Waals surface area contributed by atoms with Gasteiger partial charge in [-0.2, -0.15) is 0 Å². The molecular weight excluding hydrogens is 1570 g/mol. The third-order valence-electron chi connectivity index (χ3n) is 12.2. The monoisotopic (exact) mass is 1630 g/mol. The SMILES string of the molecule is CCCN(CCOc1c(Cl)cc(Cl)cc1Cl)C(=O)n1ccnc1.CCCN(CCOc1c(Cl)cc(Cl)cc1Cl)C(=O)n1ccnc1.CCCN(CCOc1c(Cl)cc(Cl)cc1Cl)C(=O)n1ccnc1.CCCN(CCOc1c(Cl)cc(Cl)cc1Cl)C(=O)n1ccnc1.[Cl-].[Cl-].[Mn]. The van der Waals surface area contributed by atoms with E-state index >= 15 is 0 Å². The maximum atomic E-state index is 12.3. The van der Waals surface area contributed by atoms with Gasteiger partial charge < -0.3 is 63.4 Å². The van der Waals surface area contributed by atoms with Crippen LogP contribution in [-0.2, 0) is 17.1 Å². The van der Waals surface area contributed by atoms with Gasteiger partial charge in [-0.05, 0) is 74.2 Å². The molecule has 0 fully saturated rings. The molecule has 4 aromatic carbocycles. The Labute approximate surface area is 634 Å². The molecule has 0 aliphatic carbocycles. The van der Waals surface area contributed by atoms with E-state index in [2.05, 4.69) is 19.9 Å². The van der Waals surface area contributed by atoms with Crippen molar-refractivity contribution in [2.75, 3.05) is 78.8 Å². The molecular formula is C60H64Cl14MnN12O8-2. The van der Waals surface area contributed by atoms with Crippen LogP contribution in [0.3, 0.4) is 0 Å². The van der Waals surface area contributed by atoms with E-state index in [0.29, 0.717) is 136 Å². The summed E-state index contributed by atoms with van der Waals surface area (Å²) in [6.45, 7) is 13.1. The summed E-state index contributed by atoms with van der Waals surface area (Å²) in [5.74, 6) is 1.46. The Balaban J connectivity index is 0.000000427. The van der Waals surface area contributed by atoms with Gasteiger partial charge in [0.1, 0.15) is 51.7 Å². The van der Waals surface area contributed by atoms with Crippen molar-refractivity contribution >= 4 is 163 Å². The van der Waals surface area contributed by atoms with Crippen LogP contribution >= 0.6 is 139 Å². The van der Waals surface area contributed by atoms with Crippen molar-refractivity contribution < 1.29 is 80.0 Å². The fourth-order valence-electron chi connectivity index (χ4n) is 8.13. The number of hydrogen-bond acceptors (Lipinski definition) is 12. The first-order chi connectivity index (χ1) is 44.1. The molecule has 0 atom stereocenters. The largest absolute Gasteiger partial charge is 1.00 e. The van der Waals surface area contributed by atoms with Crippen molar-refractivity contribution in [2.24, 2.45) is 0 Å². The van der Waals surface area contributed by atoms with Crippen molar-refractivity contribution in [1.29, 1.82) is 0 Å². The first kappa shape index (κ1) is 86.5. The summed E-state index contributed by atoms with van der Waals surface area (Å²) < 4.78 is 28.2. The fraction of sp³-hybridized carbons (Fsp3) is 0.333. The van der Waals surface area contributed by atoms with Gasteiger partial charge in [-0.3, -0.25) is 18.3 Å². The second-order valence-corrected chi connectivity index (χ2v) is 24.1. The maximum Gasteiger partial charge on any atom is 0.329 e. The molecule has 0 aliphatic rings. The molecule has 0 spiro atoms. The normalized spacial score (nSPS) is 10.3. The Morgan fingerprint density at radius 1 is 0.326 bits per heavy atom. The first-order valence-electron chi connectivity index (χ1n) is 28.3. The Kier molecular flexibility index (Phi) is 41.7. The Bertz CT molecular complexity index is 3030. The average Bonchev–Trinajstić information content (AvgIpc) is 1.86. The van der Waals surface area contributed by atoms with Gasteiger partial charge in [-0.1, -0.05) is 167 Å². The first-order valence-corrected chi connectivity index (χ1v) is 32.8. The molecule has 8 rings (SSSR count). The molecule has 4 amide bonds. The third kappa shape index (κ3) is 28.3. The molecule has 35 heteroatoms. The minimum absolute atomic E-state index is 0. The standard InChI is InChI=1S/4C15H16Cl3N3O2.2ClH.Mn/c4*1-2-4-20(15(22)21-5-3-19-10-21)6-7-23-14-12(17)8-11(16)9-13(14)18;;;/h4*3,5,8-10H,2,4,6-7H2,1H3;2*1H;/p-2. The van der Waals surface area contributed by atoms with Crippen molar-refractivity contribution in [1.82, 2.24) is 57.8 Å². The number of amides is 4. The van der Waals surface area contributed by atoms with Crippen molar-refractivity contribution in [3.8, 4) is 23.0 Å². The molecule has 4 aromatic heterocycles. The number of benzene rings is 4. The van der Waals surface area contributed by atoms with Gasteiger partial charge in [0.05, 0.1) is 66.4 Å². The molecule has 4 heterocycles. The van der Waals surface area contributed by atoms with E-state index in [9.17, 15) is 19.2 Å². The van der Waals surface area contributed by atoms with Crippen LogP contribution in [0.15, 0.2) is 123 Å². The predicted molar refractivity (Wildman–Crippen MR) is 367 cm³/mol. The van der Waals surface area contributed by atoms with Crippen LogP contribution in [0.4, 0.5) is 19.2 Å². The van der Waals surface area contributed by atoms with Crippen LogP contribution in [0.1, 0.15) is 53.4 Å². The maximum absolute atomic E-state index is 12.3. The van der Waals surface area contributed by atoms with Gasteiger partial charge >= 0.3 is 24.1 Å². The van der Waals surface area contributed by atoms with Gasteiger partial charge in [-0.15, -0.1) is 0 Å². The number of aromatic nitrogens is 8. The zero-order valence-corrected chi connectivity index (χ0v) is 62.9. The van der Waals surface area contributed by atoms with Crippen LogP contribution in [0.5, 0.6) is 23.0 Å². The molecule has 20 nitrogen and oxygen atoms in total. The quantitative estimate of drug-likeness (QED) is 0.0521. The van der Waals surface area contributed by atoms with Crippen LogP contribution in [-0.4, -0.2) is 161 Å². The van der Waals surface area contributed by atoms with Crippen LogP contribution in [0.2, 0.25) is 60.3 Å². The minimum Gasteiger partial charge on any atom is -1.00 e. The minimum atomic E-state index is -0.152. The molecule has 8 aromatic rings. The number of rotatable bonds is 24. The van der Waals surface area contributed by atoms with Crippen molar-refractivity contribution in [2.45, 2.75) is 53.4 Å². The summed E-state index contributed by atoms with van der Waals surface area (Å²) >= 11 is 72.0. The summed E-state index contributed by atoms with van der Waals surface area (Å²) in [5.41, 5.74) is 0. The third-order valence-corrected chi connectivity index (χ3v) is 15.4. The van der Waals surface area contributed by atoms with Gasteiger partial charge in [0.25, 0.3) is 0 Å². The summed E-state index contributed by atoms with van der Waals surface area (Å²) in [6, 6.07) is 11.9. The smallest absolute Gasteiger partial charge is 0.329 e. The Morgan fingerprint density at radius 2 is 0.495 bits per heavy atom. The fourth-order valence-corrected chi connectivity index (χ4v) is 11.8. The topological polar surface area (TPSA) is 189 Å². The molecule has 0 N–H and O–H groups in total. The number of carbonyl (C=O) groups is 4. The molecule has 0 aliphatic heterocycles. The van der Waals surface area contributed by atoms with Crippen LogP contribution < -0.4 is 43.8 Å². The number of imidazole rings is 4. The molecule has 0 bridgehead atoms. The molecule has 519 valence electrons. The molecule has 0 unspecified atom stereocenters. The predicted octanol–water partition coefficient (Wildman–Crippen LogP) is 12.4. The summed E-state index contributed by atoms with van der Waals surface area (Å²) in [7, 11) is 0. The number of carbonyl (C=O) groups excluding carboxylic acids is 4. The van der Waals surface area contributed by atoms with E-state index in [-0.39, 0.29) is 92.4 Å². The van der Waals surface area contributed by atoms with E-state index in [1.165, 1.54) is 43.6 Å². The van der Waals surface area contributed by atoms with E-state index in [4.69, 9.17) is 158 Å². The summed E-state index contributed by atoms with van der Waals surface area (Å²) in [6.07, 6.45) is 21.9. The van der Waals surface area contributed by atoms with Gasteiger partial charge in [0.15, 0.2) is 23.0 Å². The van der Waals surface area contributed by atoms with Crippen molar-refractivity contribution in [3.05, 3.63) is 184 Å². The van der Waals surface area contributed by atoms with E-state index in [0.717, 1.165) is 25.7 Å². The van der Waals surface area contributed by atoms with Crippen LogP contribution in [0.25, 0.3) is 0 Å². The van der Waals surface area contributed by atoms with Gasteiger partial charge in [0.2, 0.25) is 0 Å². The Morgan fingerprint density at radius 3 is 0.632 bits per heavy atom.